The first-order valence-electron chi connectivity index (χ1n) is 11.6. The number of β-lactam (4-membered cyclic amide) rings is 1. The van der Waals surface area contributed by atoms with Gasteiger partial charge in [0.1, 0.15) is 6.79 Å². The fraction of sp³-hybridized carbons (Fsp3) is 0.440. The molecule has 0 saturated carbocycles. The van der Waals surface area contributed by atoms with Crippen LogP contribution in [0, 0.1) is 5.92 Å². The van der Waals surface area contributed by atoms with Crippen molar-refractivity contribution in [2.45, 2.75) is 52.5 Å². The van der Waals surface area contributed by atoms with Gasteiger partial charge in [-0.1, -0.05) is 26.0 Å². The van der Waals surface area contributed by atoms with Crippen LogP contribution in [0.25, 0.3) is 0 Å². The van der Waals surface area contributed by atoms with Crippen molar-refractivity contribution >= 4 is 18.7 Å². The lowest BCUT2D eigenvalue weighted by Gasteiger charge is -2.45. The third-order valence-electron chi connectivity index (χ3n) is 5.51. The molecule has 0 aliphatic carbocycles. The molecule has 2 aliphatic rings. The number of amides is 3. The summed E-state index contributed by atoms with van der Waals surface area (Å²) in [4.78, 5) is 38.9. The van der Waals surface area contributed by atoms with Crippen LogP contribution in [-0.2, 0) is 20.7 Å². The minimum absolute atomic E-state index is 0.0785. The zero-order valence-electron chi connectivity index (χ0n) is 20.7. The molecule has 1 aromatic carbocycles. The summed E-state index contributed by atoms with van der Waals surface area (Å²) < 4.78 is 40.8. The van der Waals surface area contributed by atoms with Crippen molar-refractivity contribution in [3.8, 4) is 11.5 Å². The van der Waals surface area contributed by atoms with Crippen LogP contribution in [0.5, 0.6) is 11.5 Å². The predicted octanol–water partition coefficient (Wildman–Crippen LogP) is 4.12. The Hall–Kier alpha value is -3.60. The standard InChI is InChI=1S/C22H23F2N3O5.C2H6.CH2O/c1-3-30-12-17-16(9-14-5-4-8-25-11-14)20(28)27(17)21(29)26-13(2)15-6-7-18-19(10-15)32-22(23,24)31-18;2*1-2/h4-8,10-11,13,16-17H,3,9,12H2,1-2H3,(H,26,29);1-2H3;1H2/t13?,16-,17?;;/m1../s1. The number of rotatable bonds is 7. The molecule has 1 saturated heterocycles. The molecular weight excluding hydrogens is 476 g/mol. The summed E-state index contributed by atoms with van der Waals surface area (Å²) in [7, 11) is 0. The van der Waals surface area contributed by atoms with E-state index in [2.05, 4.69) is 19.8 Å². The molecule has 3 atom stereocenters. The summed E-state index contributed by atoms with van der Waals surface area (Å²) >= 11 is 0. The van der Waals surface area contributed by atoms with Crippen LogP contribution in [0.1, 0.15) is 44.9 Å². The van der Waals surface area contributed by atoms with E-state index in [0.717, 1.165) is 10.5 Å². The maximum absolute atomic E-state index is 13.2. The number of pyridine rings is 1. The third kappa shape index (κ3) is 6.54. The Balaban J connectivity index is 0.00000109. The average Bonchev–Trinajstić information content (AvgIpc) is 3.20. The largest absolute Gasteiger partial charge is 0.586 e. The fourth-order valence-corrected chi connectivity index (χ4v) is 3.85. The highest BCUT2D eigenvalue weighted by atomic mass is 19.3. The number of alkyl halides is 2. The van der Waals surface area contributed by atoms with E-state index < -0.39 is 24.4 Å². The van der Waals surface area contributed by atoms with Gasteiger partial charge < -0.3 is 24.3 Å². The number of carbonyl (C=O) groups excluding carboxylic acids is 3. The molecule has 2 aromatic rings. The number of nitrogens with zero attached hydrogens (tertiary/aromatic N) is 2. The molecule has 36 heavy (non-hydrogen) atoms. The van der Waals surface area contributed by atoms with E-state index in [1.165, 1.54) is 12.1 Å². The second-order valence-electron chi connectivity index (χ2n) is 7.65. The molecule has 1 aromatic heterocycles. The Bertz CT molecular complexity index is 1020. The lowest BCUT2D eigenvalue weighted by molar-refractivity contribution is -0.286. The van der Waals surface area contributed by atoms with Gasteiger partial charge in [0.15, 0.2) is 11.5 Å². The number of fused-ring (bicyclic) bond motifs is 1. The SMILES string of the molecule is C=O.CC.CCOCC1[C@@H](Cc2cccnc2)C(=O)N1C(=O)NC(C)c1ccc2c(c1)OC(F)(F)O2. The second kappa shape index (κ2) is 12.9. The molecule has 0 bridgehead atoms. The molecule has 0 spiro atoms. The number of carbonyl (C=O) groups is 3. The Morgan fingerprint density at radius 2 is 1.94 bits per heavy atom. The number of hydrogen-bond donors (Lipinski definition) is 1. The van der Waals surface area contributed by atoms with Gasteiger partial charge in [0.25, 0.3) is 0 Å². The Labute approximate surface area is 208 Å². The summed E-state index contributed by atoms with van der Waals surface area (Å²) in [6.07, 6.45) is 0.0918. The average molecular weight is 508 g/mol. The van der Waals surface area contributed by atoms with Crippen LogP contribution >= 0.6 is 0 Å². The van der Waals surface area contributed by atoms with Crippen molar-refractivity contribution in [1.82, 2.24) is 15.2 Å². The van der Waals surface area contributed by atoms with Crippen LogP contribution in [0.2, 0.25) is 0 Å². The van der Waals surface area contributed by atoms with Gasteiger partial charge in [0.2, 0.25) is 5.91 Å². The van der Waals surface area contributed by atoms with Crippen molar-refractivity contribution in [1.29, 1.82) is 0 Å². The van der Waals surface area contributed by atoms with Gasteiger partial charge in [0, 0.05) is 19.0 Å². The van der Waals surface area contributed by atoms with Gasteiger partial charge in [-0.15, -0.1) is 8.78 Å². The highest BCUT2D eigenvalue weighted by Gasteiger charge is 2.50. The Morgan fingerprint density at radius 1 is 1.25 bits per heavy atom. The highest BCUT2D eigenvalue weighted by Crippen LogP contribution is 2.42. The topological polar surface area (TPSA) is 107 Å². The first kappa shape index (κ1) is 28.6. The number of ether oxygens (including phenoxy) is 3. The smallest absolute Gasteiger partial charge is 0.395 e. The third-order valence-corrected chi connectivity index (χ3v) is 5.51. The van der Waals surface area contributed by atoms with E-state index in [0.29, 0.717) is 18.6 Å². The lowest BCUT2D eigenvalue weighted by atomic mass is 9.83. The fourth-order valence-electron chi connectivity index (χ4n) is 3.85. The highest BCUT2D eigenvalue weighted by molar-refractivity contribution is 6.01. The molecule has 1 fully saturated rings. The summed E-state index contributed by atoms with van der Waals surface area (Å²) in [6, 6.07) is 6.41. The Morgan fingerprint density at radius 3 is 2.58 bits per heavy atom. The molecule has 3 heterocycles. The molecule has 9 nitrogen and oxygen atoms in total. The van der Waals surface area contributed by atoms with Crippen LogP contribution < -0.4 is 14.8 Å². The van der Waals surface area contributed by atoms with Crippen LogP contribution in [0.15, 0.2) is 42.7 Å². The quantitative estimate of drug-likeness (QED) is 0.562. The Kier molecular flexibility index (Phi) is 10.3. The number of imide groups is 1. The maximum atomic E-state index is 13.2. The van der Waals surface area contributed by atoms with Gasteiger partial charge in [-0.25, -0.2) is 4.79 Å². The van der Waals surface area contributed by atoms with Gasteiger partial charge >= 0.3 is 12.3 Å². The number of hydrogen-bond acceptors (Lipinski definition) is 7. The number of halogens is 2. The van der Waals surface area contributed by atoms with Gasteiger partial charge in [-0.2, -0.15) is 0 Å². The normalized spacial score (nSPS) is 19.6. The number of nitrogens with one attached hydrogen (secondary N) is 1. The molecular formula is C25H31F2N3O6. The first-order valence-corrected chi connectivity index (χ1v) is 11.6. The van der Waals surface area contributed by atoms with Gasteiger partial charge in [-0.05, 0) is 49.6 Å². The molecule has 4 rings (SSSR count). The summed E-state index contributed by atoms with van der Waals surface area (Å²) in [5.41, 5.74) is 1.43. The molecule has 3 amide bonds. The van der Waals surface area contributed by atoms with E-state index in [1.807, 2.05) is 33.6 Å². The summed E-state index contributed by atoms with van der Waals surface area (Å²) in [5.74, 6) is -0.877. The molecule has 2 aliphatic heterocycles. The first-order chi connectivity index (χ1) is 17.3. The van der Waals surface area contributed by atoms with Gasteiger partial charge in [0.05, 0.1) is 24.6 Å². The van der Waals surface area contributed by atoms with Crippen LogP contribution in [0.3, 0.4) is 0 Å². The molecule has 11 heteroatoms. The summed E-state index contributed by atoms with van der Waals surface area (Å²) in [6.45, 7) is 10.2. The van der Waals surface area contributed by atoms with Crippen LogP contribution in [-0.4, -0.2) is 54.2 Å². The van der Waals surface area contributed by atoms with E-state index in [-0.39, 0.29) is 29.9 Å². The number of likely N-dealkylation sites (tertiary alicyclic amines) is 1. The monoisotopic (exact) mass is 507 g/mol. The number of benzene rings is 1. The summed E-state index contributed by atoms with van der Waals surface area (Å²) in [5, 5.41) is 2.75. The lowest BCUT2D eigenvalue weighted by Crippen LogP contribution is -2.67. The van der Waals surface area contributed by atoms with Crippen molar-refractivity contribution in [3.05, 3.63) is 53.9 Å². The number of aromatic nitrogens is 1. The van der Waals surface area contributed by atoms with Crippen molar-refractivity contribution in [2.75, 3.05) is 13.2 Å². The minimum atomic E-state index is -3.71. The second-order valence-corrected chi connectivity index (χ2v) is 7.65. The number of urea groups is 1. The van der Waals surface area contributed by atoms with Crippen molar-refractivity contribution in [3.63, 3.8) is 0 Å². The molecule has 196 valence electrons. The zero-order valence-corrected chi connectivity index (χ0v) is 20.7. The van der Waals surface area contributed by atoms with E-state index in [4.69, 9.17) is 9.53 Å². The molecule has 2 unspecified atom stereocenters. The van der Waals surface area contributed by atoms with Crippen LogP contribution in [0.4, 0.5) is 13.6 Å². The van der Waals surface area contributed by atoms with Gasteiger partial charge in [-0.3, -0.25) is 14.7 Å². The zero-order chi connectivity index (χ0) is 26.9. The van der Waals surface area contributed by atoms with Crippen molar-refractivity contribution in [2.24, 2.45) is 5.92 Å². The van der Waals surface area contributed by atoms with Crippen molar-refractivity contribution < 1.29 is 37.4 Å². The van der Waals surface area contributed by atoms with E-state index in [9.17, 15) is 18.4 Å². The maximum Gasteiger partial charge on any atom is 0.586 e. The predicted molar refractivity (Wildman–Crippen MR) is 127 cm³/mol. The molecule has 0 radical (unpaired) electrons. The molecule has 1 N–H and O–H groups in total. The van der Waals surface area contributed by atoms with E-state index in [1.54, 1.807) is 31.5 Å². The minimum Gasteiger partial charge on any atom is -0.395 e. The van der Waals surface area contributed by atoms with E-state index >= 15 is 0 Å².